The molecule has 1 saturated carbocycles. The summed E-state index contributed by atoms with van der Waals surface area (Å²) in [6, 6.07) is 6.45. The molecule has 2 nitrogen and oxygen atoms in total. The van der Waals surface area contributed by atoms with Crippen LogP contribution in [0.3, 0.4) is 0 Å². The standard InChI is InChI=1S/C13H18O2/c1-2-10-9-12(11-3-4-11)5-6-13(10)15-8-7-14/h5-6,9,11,14H,2-4,7-8H2,1H3. The van der Waals surface area contributed by atoms with Gasteiger partial charge in [0.25, 0.3) is 0 Å². The van der Waals surface area contributed by atoms with E-state index < -0.39 is 0 Å². The zero-order valence-electron chi connectivity index (χ0n) is 9.20. The van der Waals surface area contributed by atoms with Crippen molar-refractivity contribution in [2.24, 2.45) is 0 Å². The maximum atomic E-state index is 8.72. The summed E-state index contributed by atoms with van der Waals surface area (Å²) in [6.45, 7) is 2.60. The van der Waals surface area contributed by atoms with Gasteiger partial charge in [0.15, 0.2) is 0 Å². The summed E-state index contributed by atoms with van der Waals surface area (Å²) >= 11 is 0. The summed E-state index contributed by atoms with van der Waals surface area (Å²) in [5, 5.41) is 8.72. The third kappa shape index (κ3) is 2.51. The van der Waals surface area contributed by atoms with Crippen molar-refractivity contribution >= 4 is 0 Å². The van der Waals surface area contributed by atoms with Gasteiger partial charge in [-0.15, -0.1) is 0 Å². The first-order valence-corrected chi connectivity index (χ1v) is 5.71. The van der Waals surface area contributed by atoms with Crippen LogP contribution < -0.4 is 4.74 Å². The number of hydrogen-bond acceptors (Lipinski definition) is 2. The Balaban J connectivity index is 2.15. The van der Waals surface area contributed by atoms with E-state index in [4.69, 9.17) is 9.84 Å². The normalized spacial score (nSPS) is 15.3. The number of ether oxygens (including phenoxy) is 1. The number of benzene rings is 1. The number of aliphatic hydroxyl groups is 1. The second-order valence-electron chi connectivity index (χ2n) is 4.07. The van der Waals surface area contributed by atoms with E-state index in [1.807, 2.05) is 6.07 Å². The quantitative estimate of drug-likeness (QED) is 0.802. The molecule has 0 saturated heterocycles. The summed E-state index contributed by atoms with van der Waals surface area (Å²) in [5.41, 5.74) is 2.70. The highest BCUT2D eigenvalue weighted by atomic mass is 16.5. The lowest BCUT2D eigenvalue weighted by atomic mass is 10.0. The molecule has 1 fully saturated rings. The van der Waals surface area contributed by atoms with Crippen LogP contribution >= 0.6 is 0 Å². The summed E-state index contributed by atoms with van der Waals surface area (Å²) < 4.78 is 5.48. The molecule has 0 bridgehead atoms. The zero-order chi connectivity index (χ0) is 10.7. The topological polar surface area (TPSA) is 29.5 Å². The van der Waals surface area contributed by atoms with Crippen LogP contribution in [0.4, 0.5) is 0 Å². The van der Waals surface area contributed by atoms with E-state index in [1.165, 1.54) is 24.0 Å². The van der Waals surface area contributed by atoms with Crippen LogP contribution in [0.15, 0.2) is 18.2 Å². The molecule has 1 aliphatic rings. The predicted molar refractivity (Wildman–Crippen MR) is 60.4 cm³/mol. The fraction of sp³-hybridized carbons (Fsp3) is 0.538. The first-order valence-electron chi connectivity index (χ1n) is 5.71. The molecule has 0 spiro atoms. The van der Waals surface area contributed by atoms with Crippen LogP contribution in [0.1, 0.15) is 36.8 Å². The smallest absolute Gasteiger partial charge is 0.122 e. The van der Waals surface area contributed by atoms with Crippen molar-refractivity contribution in [2.75, 3.05) is 13.2 Å². The summed E-state index contributed by atoms with van der Waals surface area (Å²) in [6.07, 6.45) is 3.65. The highest BCUT2D eigenvalue weighted by Crippen LogP contribution is 2.41. The second-order valence-corrected chi connectivity index (χ2v) is 4.07. The summed E-state index contributed by atoms with van der Waals surface area (Å²) in [7, 11) is 0. The van der Waals surface area contributed by atoms with Crippen molar-refractivity contribution in [3.63, 3.8) is 0 Å². The minimum atomic E-state index is 0.0769. The number of hydrogen-bond donors (Lipinski definition) is 1. The van der Waals surface area contributed by atoms with Gasteiger partial charge in [-0.1, -0.05) is 19.1 Å². The lowest BCUT2D eigenvalue weighted by molar-refractivity contribution is 0.200. The van der Waals surface area contributed by atoms with E-state index in [-0.39, 0.29) is 6.61 Å². The molecule has 15 heavy (non-hydrogen) atoms. The average molecular weight is 206 g/mol. The first kappa shape index (κ1) is 10.5. The Kier molecular flexibility index (Phi) is 3.27. The minimum Gasteiger partial charge on any atom is -0.491 e. The minimum absolute atomic E-state index is 0.0769. The maximum Gasteiger partial charge on any atom is 0.122 e. The van der Waals surface area contributed by atoms with Gasteiger partial charge in [-0.25, -0.2) is 0 Å². The van der Waals surface area contributed by atoms with E-state index in [0.29, 0.717) is 6.61 Å². The molecule has 1 aromatic carbocycles. The van der Waals surface area contributed by atoms with Crippen molar-refractivity contribution < 1.29 is 9.84 Å². The zero-order valence-corrected chi connectivity index (χ0v) is 9.20. The van der Waals surface area contributed by atoms with Gasteiger partial charge in [0.05, 0.1) is 6.61 Å². The third-order valence-corrected chi connectivity index (χ3v) is 2.86. The molecule has 0 atom stereocenters. The van der Waals surface area contributed by atoms with Crippen LogP contribution in [0, 0.1) is 0 Å². The van der Waals surface area contributed by atoms with Crippen LogP contribution in [0.25, 0.3) is 0 Å². The first-order chi connectivity index (χ1) is 7.35. The van der Waals surface area contributed by atoms with Gasteiger partial charge in [0.2, 0.25) is 0 Å². The Labute approximate surface area is 90.9 Å². The molecule has 0 unspecified atom stereocenters. The lowest BCUT2D eigenvalue weighted by Gasteiger charge is -2.11. The van der Waals surface area contributed by atoms with E-state index in [9.17, 15) is 0 Å². The average Bonchev–Trinajstić information content (AvgIpc) is 3.10. The summed E-state index contributed by atoms with van der Waals surface area (Å²) in [4.78, 5) is 0. The molecule has 82 valence electrons. The van der Waals surface area contributed by atoms with Crippen molar-refractivity contribution in [1.29, 1.82) is 0 Å². The van der Waals surface area contributed by atoms with E-state index in [2.05, 4.69) is 19.1 Å². The van der Waals surface area contributed by atoms with Gasteiger partial charge in [0, 0.05) is 0 Å². The SMILES string of the molecule is CCc1cc(C2CC2)ccc1OCCO. The Hall–Kier alpha value is -1.02. The summed E-state index contributed by atoms with van der Waals surface area (Å²) in [5.74, 6) is 1.72. The third-order valence-electron chi connectivity index (χ3n) is 2.86. The second kappa shape index (κ2) is 4.67. The molecule has 0 radical (unpaired) electrons. The number of aryl methyl sites for hydroxylation is 1. The van der Waals surface area contributed by atoms with Crippen molar-refractivity contribution in [2.45, 2.75) is 32.1 Å². The Morgan fingerprint density at radius 2 is 2.20 bits per heavy atom. The maximum absolute atomic E-state index is 8.72. The molecule has 1 aromatic rings. The van der Waals surface area contributed by atoms with Gasteiger partial charge in [-0.2, -0.15) is 0 Å². The Morgan fingerprint density at radius 1 is 1.40 bits per heavy atom. The molecule has 0 aliphatic heterocycles. The van der Waals surface area contributed by atoms with E-state index in [0.717, 1.165) is 18.1 Å². The Morgan fingerprint density at radius 3 is 2.80 bits per heavy atom. The van der Waals surface area contributed by atoms with Gasteiger partial charge >= 0.3 is 0 Å². The molecular formula is C13H18O2. The fourth-order valence-corrected chi connectivity index (χ4v) is 1.84. The van der Waals surface area contributed by atoms with Gasteiger partial charge < -0.3 is 9.84 Å². The highest BCUT2D eigenvalue weighted by molar-refractivity contribution is 5.39. The van der Waals surface area contributed by atoms with Gasteiger partial charge in [-0.3, -0.25) is 0 Å². The molecule has 0 heterocycles. The largest absolute Gasteiger partial charge is 0.491 e. The molecule has 0 aromatic heterocycles. The molecule has 0 amide bonds. The van der Waals surface area contributed by atoms with E-state index in [1.54, 1.807) is 0 Å². The molecular weight excluding hydrogens is 188 g/mol. The monoisotopic (exact) mass is 206 g/mol. The van der Waals surface area contributed by atoms with Gasteiger partial charge in [-0.05, 0) is 42.4 Å². The van der Waals surface area contributed by atoms with Crippen molar-refractivity contribution in [3.8, 4) is 5.75 Å². The Bertz CT molecular complexity index is 329. The molecule has 1 aliphatic carbocycles. The lowest BCUT2D eigenvalue weighted by Crippen LogP contribution is -2.03. The van der Waals surface area contributed by atoms with Crippen molar-refractivity contribution in [3.05, 3.63) is 29.3 Å². The van der Waals surface area contributed by atoms with Crippen LogP contribution in [0.2, 0.25) is 0 Å². The predicted octanol–water partition coefficient (Wildman–Crippen LogP) is 2.50. The molecule has 2 heteroatoms. The molecule has 1 N–H and O–H groups in total. The highest BCUT2D eigenvalue weighted by Gasteiger charge is 2.23. The number of rotatable bonds is 5. The van der Waals surface area contributed by atoms with Gasteiger partial charge in [0.1, 0.15) is 12.4 Å². The van der Waals surface area contributed by atoms with Crippen molar-refractivity contribution in [1.82, 2.24) is 0 Å². The molecule has 2 rings (SSSR count). The van der Waals surface area contributed by atoms with Crippen LogP contribution in [-0.2, 0) is 6.42 Å². The fourth-order valence-electron chi connectivity index (χ4n) is 1.84. The van der Waals surface area contributed by atoms with Crippen LogP contribution in [-0.4, -0.2) is 18.3 Å². The number of aliphatic hydroxyl groups excluding tert-OH is 1. The van der Waals surface area contributed by atoms with Crippen LogP contribution in [0.5, 0.6) is 5.75 Å². The van der Waals surface area contributed by atoms with E-state index >= 15 is 0 Å².